The van der Waals surface area contributed by atoms with Gasteiger partial charge in [-0.25, -0.2) is 4.98 Å². The van der Waals surface area contributed by atoms with Crippen LogP contribution in [0.4, 0.5) is 0 Å². The van der Waals surface area contributed by atoms with Gasteiger partial charge in [0.15, 0.2) is 0 Å². The van der Waals surface area contributed by atoms with Gasteiger partial charge in [-0.3, -0.25) is 4.79 Å². The van der Waals surface area contributed by atoms with E-state index in [0.29, 0.717) is 6.42 Å². The van der Waals surface area contributed by atoms with Gasteiger partial charge >= 0.3 is 5.97 Å². The van der Waals surface area contributed by atoms with Gasteiger partial charge in [0.05, 0.1) is 11.6 Å². The van der Waals surface area contributed by atoms with Gasteiger partial charge in [0.25, 0.3) is 0 Å². The molecule has 3 rings (SSSR count). The molecule has 0 spiro atoms. The van der Waals surface area contributed by atoms with E-state index in [9.17, 15) is 4.79 Å². The Kier molecular flexibility index (Phi) is 2.95. The quantitative estimate of drug-likeness (QED) is 0.935. The topological polar surface area (TPSA) is 50.2 Å². The van der Waals surface area contributed by atoms with E-state index in [-0.39, 0.29) is 11.8 Å². The molecule has 0 bridgehead atoms. The Morgan fingerprint density at radius 2 is 2.22 bits per heavy atom. The van der Waals surface area contributed by atoms with Crippen LogP contribution in [0.5, 0.6) is 0 Å². The number of benzene rings is 1. The molecule has 1 fully saturated rings. The van der Waals surface area contributed by atoms with E-state index < -0.39 is 5.97 Å². The fourth-order valence-corrected chi connectivity index (χ4v) is 3.54. The third kappa shape index (κ3) is 2.08. The summed E-state index contributed by atoms with van der Waals surface area (Å²) in [5, 5.41) is 11.8. The largest absolute Gasteiger partial charge is 0.481 e. The lowest BCUT2D eigenvalue weighted by atomic mass is 10.2. The second kappa shape index (κ2) is 4.48. The number of carboxylic acid groups (broad SMARTS) is 1. The monoisotopic (exact) mass is 323 g/mol. The Morgan fingerprint density at radius 1 is 1.44 bits per heavy atom. The third-order valence-corrected chi connectivity index (χ3v) is 4.70. The average molecular weight is 324 g/mol. The number of thiazole rings is 1. The maximum absolute atomic E-state index is 10.8. The lowest BCUT2D eigenvalue weighted by Gasteiger charge is -1.98. The van der Waals surface area contributed by atoms with Crippen LogP contribution in [0.3, 0.4) is 0 Å². The van der Waals surface area contributed by atoms with E-state index in [4.69, 9.17) is 5.11 Å². The molecule has 1 saturated carbocycles. The molecule has 0 saturated heterocycles. The molecule has 1 aromatic heterocycles. The smallest absolute Gasteiger partial charge is 0.307 e. The van der Waals surface area contributed by atoms with Crippen molar-refractivity contribution in [2.75, 3.05) is 0 Å². The zero-order valence-electron chi connectivity index (χ0n) is 9.34. The lowest BCUT2D eigenvalue weighted by molar-refractivity contribution is -0.138. The molecule has 1 N–H and O–H groups in total. The molecule has 1 aliphatic carbocycles. The minimum absolute atomic E-state index is 0.106. The molecule has 2 aromatic rings. The van der Waals surface area contributed by atoms with Crippen molar-refractivity contribution in [2.24, 2.45) is 5.92 Å². The molecule has 2 unspecified atom stereocenters. The number of nitrogens with zero attached hydrogens (tertiary/aromatic N) is 1. The molecule has 1 aliphatic rings. The van der Waals surface area contributed by atoms with Gasteiger partial charge in [0, 0.05) is 21.3 Å². The number of hydrogen-bond donors (Lipinski definition) is 1. The number of carbonyl (C=O) groups is 1. The summed E-state index contributed by atoms with van der Waals surface area (Å²) >= 11 is 5.07. The average Bonchev–Trinajstić information content (AvgIpc) is 3.02. The van der Waals surface area contributed by atoms with Crippen LogP contribution in [0.1, 0.15) is 18.0 Å². The van der Waals surface area contributed by atoms with Gasteiger partial charge < -0.3 is 5.11 Å². The summed E-state index contributed by atoms with van der Waals surface area (Å²) in [6, 6.07) is 7.92. The summed E-state index contributed by atoms with van der Waals surface area (Å²) in [6.45, 7) is 0. The van der Waals surface area contributed by atoms with Crippen LogP contribution < -0.4 is 0 Å². The molecule has 1 aromatic carbocycles. The van der Waals surface area contributed by atoms with Crippen molar-refractivity contribution in [3.8, 4) is 10.6 Å². The van der Waals surface area contributed by atoms with Gasteiger partial charge in [-0.15, -0.1) is 11.3 Å². The van der Waals surface area contributed by atoms with Crippen LogP contribution in [-0.4, -0.2) is 16.1 Å². The fraction of sp³-hybridized carbons (Fsp3) is 0.231. The van der Waals surface area contributed by atoms with Crippen LogP contribution in [0.15, 0.2) is 34.1 Å². The van der Waals surface area contributed by atoms with Crippen molar-refractivity contribution in [3.05, 3.63) is 39.8 Å². The second-order valence-corrected chi connectivity index (χ2v) is 6.06. The molecule has 0 radical (unpaired) electrons. The van der Waals surface area contributed by atoms with E-state index in [0.717, 1.165) is 20.7 Å². The van der Waals surface area contributed by atoms with Crippen LogP contribution in [0, 0.1) is 5.92 Å². The predicted molar refractivity (Wildman–Crippen MR) is 73.7 cm³/mol. The molecule has 1 heterocycles. The Balaban J connectivity index is 1.87. The fourth-order valence-electron chi connectivity index (χ4n) is 2.01. The summed E-state index contributed by atoms with van der Waals surface area (Å²) in [5.74, 6) is -0.843. The third-order valence-electron chi connectivity index (χ3n) is 3.11. The van der Waals surface area contributed by atoms with E-state index in [2.05, 4.69) is 20.9 Å². The van der Waals surface area contributed by atoms with Crippen molar-refractivity contribution in [1.82, 2.24) is 4.98 Å². The van der Waals surface area contributed by atoms with Crippen LogP contribution >= 0.6 is 27.3 Å². The maximum Gasteiger partial charge on any atom is 0.307 e. The number of carboxylic acids is 1. The zero-order chi connectivity index (χ0) is 12.7. The van der Waals surface area contributed by atoms with Gasteiger partial charge in [-0.1, -0.05) is 34.1 Å². The predicted octanol–water partition coefficient (Wildman–Crippen LogP) is 3.76. The highest BCUT2D eigenvalue weighted by Crippen LogP contribution is 2.48. The summed E-state index contributed by atoms with van der Waals surface area (Å²) < 4.78 is 1.01. The first kappa shape index (κ1) is 11.9. The van der Waals surface area contributed by atoms with Crippen molar-refractivity contribution in [1.29, 1.82) is 0 Å². The Labute approximate surface area is 117 Å². The van der Waals surface area contributed by atoms with Gasteiger partial charge in [0.1, 0.15) is 5.01 Å². The summed E-state index contributed by atoms with van der Waals surface area (Å²) in [6.07, 6.45) is 0.717. The van der Waals surface area contributed by atoms with E-state index in [1.54, 1.807) is 11.3 Å². The Hall–Kier alpha value is -1.20. The van der Waals surface area contributed by atoms with Crippen LogP contribution in [0.25, 0.3) is 10.6 Å². The molecule has 0 aliphatic heterocycles. The first-order valence-electron chi connectivity index (χ1n) is 5.60. The van der Waals surface area contributed by atoms with Crippen molar-refractivity contribution in [2.45, 2.75) is 12.3 Å². The van der Waals surface area contributed by atoms with Crippen molar-refractivity contribution in [3.63, 3.8) is 0 Å². The molecule has 3 nitrogen and oxygen atoms in total. The molecule has 18 heavy (non-hydrogen) atoms. The molecule has 92 valence electrons. The number of halogens is 1. The van der Waals surface area contributed by atoms with Crippen LogP contribution in [-0.2, 0) is 4.79 Å². The van der Waals surface area contributed by atoms with Crippen molar-refractivity contribution >= 4 is 33.2 Å². The normalized spacial score (nSPS) is 21.8. The molecular weight excluding hydrogens is 314 g/mol. The highest BCUT2D eigenvalue weighted by Gasteiger charge is 2.45. The summed E-state index contributed by atoms with van der Waals surface area (Å²) in [4.78, 5) is 15.4. The van der Waals surface area contributed by atoms with E-state index in [1.165, 1.54) is 0 Å². The highest BCUT2D eigenvalue weighted by atomic mass is 79.9. The Morgan fingerprint density at radius 3 is 2.89 bits per heavy atom. The number of rotatable bonds is 3. The summed E-state index contributed by atoms with van der Waals surface area (Å²) in [5.41, 5.74) is 1.97. The molecule has 5 heteroatoms. The maximum atomic E-state index is 10.8. The van der Waals surface area contributed by atoms with Gasteiger partial charge in [-0.05, 0) is 12.5 Å². The van der Waals surface area contributed by atoms with Gasteiger partial charge in [-0.2, -0.15) is 0 Å². The number of aliphatic carboxylic acids is 1. The van der Waals surface area contributed by atoms with E-state index >= 15 is 0 Å². The number of aromatic nitrogens is 1. The zero-order valence-corrected chi connectivity index (χ0v) is 11.7. The number of hydrogen-bond acceptors (Lipinski definition) is 3. The van der Waals surface area contributed by atoms with Crippen molar-refractivity contribution < 1.29 is 9.90 Å². The first-order chi connectivity index (χ1) is 8.66. The van der Waals surface area contributed by atoms with Crippen LogP contribution in [0.2, 0.25) is 0 Å². The van der Waals surface area contributed by atoms with Gasteiger partial charge in [0.2, 0.25) is 0 Å². The SMILES string of the molecule is O=C(O)C1CC1c1csc(-c2ccccc2Br)n1. The molecule has 0 amide bonds. The minimum atomic E-state index is -0.713. The lowest BCUT2D eigenvalue weighted by Crippen LogP contribution is -1.98. The van der Waals surface area contributed by atoms with E-state index in [1.807, 2.05) is 29.6 Å². The molecule has 2 atom stereocenters. The standard InChI is InChI=1S/C13H10BrNO2S/c14-10-4-2-1-3-7(10)12-15-11(6-18-12)8-5-9(8)13(16)17/h1-4,6,8-9H,5H2,(H,16,17). The highest BCUT2D eigenvalue weighted by molar-refractivity contribution is 9.10. The first-order valence-corrected chi connectivity index (χ1v) is 7.27. The second-order valence-electron chi connectivity index (χ2n) is 4.34. The molecular formula is C13H10BrNO2S. The summed E-state index contributed by atoms with van der Waals surface area (Å²) in [7, 11) is 0. The Bertz CT molecular complexity index is 611. The minimum Gasteiger partial charge on any atom is -0.481 e.